The summed E-state index contributed by atoms with van der Waals surface area (Å²) in [7, 11) is 0. The van der Waals surface area contributed by atoms with Crippen LogP contribution in [0.3, 0.4) is 0 Å². The number of hydrogen-bond donors (Lipinski definition) is 0. The Morgan fingerprint density at radius 2 is 1.45 bits per heavy atom. The van der Waals surface area contributed by atoms with Crippen LogP contribution in [-0.2, 0) is 14.2 Å². The Morgan fingerprint density at radius 1 is 1.09 bits per heavy atom. The molecule has 0 amide bonds. The molecule has 2 rings (SSSR count). The number of rotatable bonds is 4. The van der Waals surface area contributed by atoms with Crippen molar-refractivity contribution in [1.29, 1.82) is 0 Å². The van der Waals surface area contributed by atoms with Crippen LogP contribution in [0.2, 0.25) is 0 Å². The lowest BCUT2D eigenvalue weighted by Crippen LogP contribution is -2.06. The maximum Gasteiger partial charge on any atom is 0.104 e. The molecular formula is C8H16O3. The van der Waals surface area contributed by atoms with Gasteiger partial charge in [0.2, 0.25) is 0 Å². The molecule has 0 radical (unpaired) electrons. The molecule has 2 unspecified atom stereocenters. The SMILES string of the molecule is C(OCC1CO1)C1CO1.CC. The molecule has 2 fully saturated rings. The van der Waals surface area contributed by atoms with Crippen molar-refractivity contribution in [3.8, 4) is 0 Å². The van der Waals surface area contributed by atoms with Crippen LogP contribution in [-0.4, -0.2) is 38.6 Å². The van der Waals surface area contributed by atoms with E-state index in [1.165, 1.54) is 0 Å². The first kappa shape index (κ1) is 8.97. The quantitative estimate of drug-likeness (QED) is 0.571. The van der Waals surface area contributed by atoms with Crippen LogP contribution in [0.15, 0.2) is 0 Å². The molecule has 2 aliphatic rings. The summed E-state index contributed by atoms with van der Waals surface area (Å²) in [6.07, 6.45) is 0.785. The monoisotopic (exact) mass is 160 g/mol. The Kier molecular flexibility index (Phi) is 3.83. The Bertz CT molecular complexity index is 85.5. The lowest BCUT2D eigenvalue weighted by molar-refractivity contribution is 0.102. The molecule has 11 heavy (non-hydrogen) atoms. The average molecular weight is 160 g/mol. The lowest BCUT2D eigenvalue weighted by atomic mass is 10.5. The van der Waals surface area contributed by atoms with Crippen molar-refractivity contribution in [1.82, 2.24) is 0 Å². The molecule has 2 saturated heterocycles. The fourth-order valence-electron chi connectivity index (χ4n) is 0.659. The minimum atomic E-state index is 0.392. The third-order valence-electron chi connectivity index (χ3n) is 1.41. The van der Waals surface area contributed by atoms with Gasteiger partial charge in [-0.05, 0) is 0 Å². The molecule has 3 nitrogen and oxygen atoms in total. The summed E-state index contributed by atoms with van der Waals surface area (Å²) in [5, 5.41) is 0. The predicted molar refractivity (Wildman–Crippen MR) is 41.6 cm³/mol. The van der Waals surface area contributed by atoms with Crippen molar-refractivity contribution < 1.29 is 14.2 Å². The summed E-state index contributed by atoms with van der Waals surface area (Å²) in [5.74, 6) is 0. The molecule has 0 aromatic heterocycles. The normalized spacial score (nSPS) is 32.2. The van der Waals surface area contributed by atoms with Crippen LogP contribution >= 0.6 is 0 Å². The van der Waals surface area contributed by atoms with E-state index in [4.69, 9.17) is 14.2 Å². The van der Waals surface area contributed by atoms with Gasteiger partial charge < -0.3 is 14.2 Å². The molecular weight excluding hydrogens is 144 g/mol. The summed E-state index contributed by atoms with van der Waals surface area (Å²) < 4.78 is 15.1. The highest BCUT2D eigenvalue weighted by Gasteiger charge is 2.26. The Labute approximate surface area is 67.6 Å². The number of ether oxygens (including phenoxy) is 3. The summed E-state index contributed by atoms with van der Waals surface area (Å²) in [5.41, 5.74) is 0. The van der Waals surface area contributed by atoms with Gasteiger partial charge in [0.05, 0.1) is 26.4 Å². The maximum absolute atomic E-state index is 5.23. The molecule has 2 atom stereocenters. The van der Waals surface area contributed by atoms with E-state index < -0.39 is 0 Å². The minimum absolute atomic E-state index is 0.392. The molecule has 3 heteroatoms. The molecule has 0 aromatic rings. The van der Waals surface area contributed by atoms with Gasteiger partial charge in [0, 0.05) is 0 Å². The van der Waals surface area contributed by atoms with Gasteiger partial charge >= 0.3 is 0 Å². The summed E-state index contributed by atoms with van der Waals surface area (Å²) in [4.78, 5) is 0. The smallest absolute Gasteiger partial charge is 0.104 e. The van der Waals surface area contributed by atoms with Gasteiger partial charge in [-0.25, -0.2) is 0 Å². The third-order valence-corrected chi connectivity index (χ3v) is 1.41. The Balaban J connectivity index is 0.000000281. The van der Waals surface area contributed by atoms with Crippen molar-refractivity contribution in [2.24, 2.45) is 0 Å². The zero-order valence-electron chi connectivity index (χ0n) is 7.21. The van der Waals surface area contributed by atoms with Crippen molar-refractivity contribution in [3.63, 3.8) is 0 Å². The summed E-state index contributed by atoms with van der Waals surface area (Å²) in [6.45, 7) is 7.26. The van der Waals surface area contributed by atoms with Gasteiger partial charge in [-0.1, -0.05) is 13.8 Å². The van der Waals surface area contributed by atoms with Crippen molar-refractivity contribution in [3.05, 3.63) is 0 Å². The van der Waals surface area contributed by atoms with Crippen LogP contribution in [0.5, 0.6) is 0 Å². The van der Waals surface area contributed by atoms with Gasteiger partial charge in [0.25, 0.3) is 0 Å². The minimum Gasteiger partial charge on any atom is -0.376 e. The highest BCUT2D eigenvalue weighted by Crippen LogP contribution is 2.12. The van der Waals surface area contributed by atoms with E-state index in [1.54, 1.807) is 0 Å². The zero-order valence-corrected chi connectivity index (χ0v) is 7.21. The molecule has 0 spiro atoms. The molecule has 0 saturated carbocycles. The molecule has 2 aliphatic heterocycles. The first-order valence-corrected chi connectivity index (χ1v) is 4.26. The van der Waals surface area contributed by atoms with Gasteiger partial charge in [0.15, 0.2) is 0 Å². The van der Waals surface area contributed by atoms with Crippen LogP contribution in [0.4, 0.5) is 0 Å². The molecule has 2 heterocycles. The summed E-state index contributed by atoms with van der Waals surface area (Å²) in [6, 6.07) is 0. The van der Waals surface area contributed by atoms with Crippen LogP contribution in [0.25, 0.3) is 0 Å². The van der Waals surface area contributed by atoms with E-state index >= 15 is 0 Å². The first-order valence-electron chi connectivity index (χ1n) is 4.26. The van der Waals surface area contributed by atoms with Crippen molar-refractivity contribution >= 4 is 0 Å². The van der Waals surface area contributed by atoms with Crippen molar-refractivity contribution in [2.75, 3.05) is 26.4 Å². The van der Waals surface area contributed by atoms with Crippen LogP contribution in [0.1, 0.15) is 13.8 Å². The van der Waals surface area contributed by atoms with E-state index in [0.29, 0.717) is 12.2 Å². The fraction of sp³-hybridized carbons (Fsp3) is 1.00. The van der Waals surface area contributed by atoms with Gasteiger partial charge in [-0.15, -0.1) is 0 Å². The highest BCUT2D eigenvalue weighted by atomic mass is 16.6. The van der Waals surface area contributed by atoms with Gasteiger partial charge in [0.1, 0.15) is 12.2 Å². The number of hydrogen-bond acceptors (Lipinski definition) is 3. The van der Waals surface area contributed by atoms with Crippen LogP contribution < -0.4 is 0 Å². The second kappa shape index (κ2) is 4.70. The van der Waals surface area contributed by atoms with Crippen molar-refractivity contribution in [2.45, 2.75) is 26.1 Å². The van der Waals surface area contributed by atoms with E-state index in [1.807, 2.05) is 13.8 Å². The second-order valence-corrected chi connectivity index (χ2v) is 2.45. The highest BCUT2D eigenvalue weighted by molar-refractivity contribution is 4.71. The standard InChI is InChI=1S/C6H10O3.C2H6/c1(5-3-8-5)7-2-6-4-9-6;1-2/h5-6H,1-4H2;1-2H3. The van der Waals surface area contributed by atoms with E-state index in [2.05, 4.69) is 0 Å². The Hall–Kier alpha value is -0.120. The second-order valence-electron chi connectivity index (χ2n) is 2.45. The molecule has 0 aromatic carbocycles. The predicted octanol–water partition coefficient (Wildman–Crippen LogP) is 0.827. The maximum atomic E-state index is 5.23. The summed E-state index contributed by atoms with van der Waals surface area (Å²) >= 11 is 0. The van der Waals surface area contributed by atoms with E-state index in [9.17, 15) is 0 Å². The largest absolute Gasteiger partial charge is 0.376 e. The molecule has 0 aliphatic carbocycles. The van der Waals surface area contributed by atoms with E-state index in [-0.39, 0.29) is 0 Å². The topological polar surface area (TPSA) is 34.3 Å². The van der Waals surface area contributed by atoms with Crippen LogP contribution in [0, 0.1) is 0 Å². The lowest BCUT2D eigenvalue weighted by Gasteiger charge is -1.95. The molecule has 0 N–H and O–H groups in total. The Morgan fingerprint density at radius 3 is 1.73 bits per heavy atom. The number of epoxide rings is 2. The van der Waals surface area contributed by atoms with Gasteiger partial charge in [-0.2, -0.15) is 0 Å². The molecule has 0 bridgehead atoms. The third kappa shape index (κ3) is 4.35. The van der Waals surface area contributed by atoms with E-state index in [0.717, 1.165) is 26.4 Å². The zero-order chi connectivity index (χ0) is 8.10. The fourth-order valence-corrected chi connectivity index (χ4v) is 0.659. The first-order chi connectivity index (χ1) is 5.45. The molecule has 66 valence electrons. The van der Waals surface area contributed by atoms with Gasteiger partial charge in [-0.3, -0.25) is 0 Å². The average Bonchev–Trinajstić information content (AvgIpc) is 2.86.